The number of nitriles is 1. The van der Waals surface area contributed by atoms with Gasteiger partial charge in [-0.2, -0.15) is 5.26 Å². The van der Waals surface area contributed by atoms with Crippen LogP contribution in [0.2, 0.25) is 0 Å². The van der Waals surface area contributed by atoms with Crippen molar-refractivity contribution in [1.29, 1.82) is 5.26 Å². The molecule has 0 aliphatic heterocycles. The van der Waals surface area contributed by atoms with E-state index in [2.05, 4.69) is 13.0 Å². The second-order valence-corrected chi connectivity index (χ2v) is 5.98. The molecule has 0 atom stereocenters. The molecule has 2 heteroatoms. The fourth-order valence-electron chi connectivity index (χ4n) is 2.89. The number of aryl methyl sites for hydroxylation is 2. The van der Waals surface area contributed by atoms with Crippen molar-refractivity contribution in [2.45, 2.75) is 46.5 Å². The van der Waals surface area contributed by atoms with Gasteiger partial charge < -0.3 is 4.74 Å². The Morgan fingerprint density at radius 2 is 1.74 bits per heavy atom. The Bertz CT molecular complexity index is 456. The summed E-state index contributed by atoms with van der Waals surface area (Å²) in [5.41, 5.74) is 2.79. The Hall–Kier alpha value is -1.49. The first-order valence-electron chi connectivity index (χ1n) is 7.24. The first-order chi connectivity index (χ1) is 9.10. The third-order valence-electron chi connectivity index (χ3n) is 4.24. The van der Waals surface area contributed by atoms with Gasteiger partial charge in [0.15, 0.2) is 0 Å². The number of ether oxygens (including phenoxy) is 1. The van der Waals surface area contributed by atoms with E-state index in [0.717, 1.165) is 35.0 Å². The van der Waals surface area contributed by atoms with Gasteiger partial charge in [-0.15, -0.1) is 0 Å². The zero-order valence-electron chi connectivity index (χ0n) is 12.2. The van der Waals surface area contributed by atoms with Gasteiger partial charge in [0.25, 0.3) is 0 Å². The molecule has 1 aliphatic carbocycles. The normalized spacial score (nSPS) is 22.8. The van der Waals surface area contributed by atoms with Crippen molar-refractivity contribution in [1.82, 2.24) is 0 Å². The summed E-state index contributed by atoms with van der Waals surface area (Å²) in [6.45, 7) is 7.10. The number of hydrogen-bond acceptors (Lipinski definition) is 2. The van der Waals surface area contributed by atoms with E-state index in [9.17, 15) is 0 Å². The third-order valence-corrected chi connectivity index (χ3v) is 4.24. The minimum Gasteiger partial charge on any atom is -0.493 e. The molecule has 0 heterocycles. The van der Waals surface area contributed by atoms with Crippen molar-refractivity contribution in [2.75, 3.05) is 6.61 Å². The number of rotatable bonds is 3. The van der Waals surface area contributed by atoms with Crippen molar-refractivity contribution in [3.63, 3.8) is 0 Å². The molecule has 102 valence electrons. The maximum atomic E-state index is 9.06. The van der Waals surface area contributed by atoms with Gasteiger partial charge in [-0.1, -0.05) is 19.8 Å². The molecule has 1 fully saturated rings. The lowest BCUT2D eigenvalue weighted by Gasteiger charge is -2.26. The third kappa shape index (κ3) is 3.50. The highest BCUT2D eigenvalue weighted by Crippen LogP contribution is 2.29. The van der Waals surface area contributed by atoms with Crippen molar-refractivity contribution < 1.29 is 4.74 Å². The maximum absolute atomic E-state index is 9.06. The molecule has 2 nitrogen and oxygen atoms in total. The van der Waals surface area contributed by atoms with Crippen LogP contribution >= 0.6 is 0 Å². The molecular formula is C17H23NO. The van der Waals surface area contributed by atoms with Crippen LogP contribution in [0.5, 0.6) is 5.75 Å². The molecule has 0 bridgehead atoms. The van der Waals surface area contributed by atoms with E-state index in [0.29, 0.717) is 5.92 Å². The van der Waals surface area contributed by atoms with Crippen LogP contribution in [0.15, 0.2) is 12.1 Å². The van der Waals surface area contributed by atoms with Gasteiger partial charge in [0.05, 0.1) is 18.2 Å². The highest BCUT2D eigenvalue weighted by Gasteiger charge is 2.18. The zero-order valence-corrected chi connectivity index (χ0v) is 12.2. The van der Waals surface area contributed by atoms with Gasteiger partial charge in [-0.05, 0) is 61.8 Å². The average Bonchev–Trinajstić information content (AvgIpc) is 2.38. The van der Waals surface area contributed by atoms with Crippen LogP contribution in [-0.4, -0.2) is 6.61 Å². The highest BCUT2D eigenvalue weighted by molar-refractivity contribution is 5.47. The molecule has 1 saturated carbocycles. The van der Waals surface area contributed by atoms with Crippen molar-refractivity contribution in [3.8, 4) is 11.8 Å². The average molecular weight is 257 g/mol. The van der Waals surface area contributed by atoms with E-state index in [4.69, 9.17) is 10.00 Å². The van der Waals surface area contributed by atoms with E-state index in [1.165, 1.54) is 25.7 Å². The fraction of sp³-hybridized carbons (Fsp3) is 0.588. The van der Waals surface area contributed by atoms with Gasteiger partial charge >= 0.3 is 0 Å². The second kappa shape index (κ2) is 6.10. The fourth-order valence-corrected chi connectivity index (χ4v) is 2.89. The SMILES string of the molecule is Cc1cc(OCC2CCC(C)CC2)cc(C)c1C#N. The largest absolute Gasteiger partial charge is 0.493 e. The molecule has 0 aromatic heterocycles. The minimum atomic E-state index is 0.701. The molecule has 0 N–H and O–H groups in total. The van der Waals surface area contributed by atoms with Crippen LogP contribution in [0.25, 0.3) is 0 Å². The molecule has 1 aromatic carbocycles. The van der Waals surface area contributed by atoms with E-state index in [1.807, 2.05) is 26.0 Å². The quantitative estimate of drug-likeness (QED) is 0.805. The maximum Gasteiger partial charge on any atom is 0.119 e. The van der Waals surface area contributed by atoms with Gasteiger partial charge in [0, 0.05) is 0 Å². The van der Waals surface area contributed by atoms with Crippen molar-refractivity contribution >= 4 is 0 Å². The van der Waals surface area contributed by atoms with E-state index >= 15 is 0 Å². The lowest BCUT2D eigenvalue weighted by Crippen LogP contribution is -2.18. The molecule has 0 spiro atoms. The Labute approximate surface area is 116 Å². The number of benzene rings is 1. The Morgan fingerprint density at radius 3 is 2.26 bits per heavy atom. The summed E-state index contributed by atoms with van der Waals surface area (Å²) >= 11 is 0. The predicted molar refractivity (Wildman–Crippen MR) is 77.2 cm³/mol. The molecule has 1 aromatic rings. The Balaban J connectivity index is 1.95. The summed E-state index contributed by atoms with van der Waals surface area (Å²) in [5.74, 6) is 2.50. The van der Waals surface area contributed by atoms with Gasteiger partial charge in [-0.25, -0.2) is 0 Å². The van der Waals surface area contributed by atoms with Gasteiger partial charge in [0.1, 0.15) is 5.75 Å². The van der Waals surface area contributed by atoms with Crippen LogP contribution in [0.3, 0.4) is 0 Å². The van der Waals surface area contributed by atoms with Crippen LogP contribution in [0.1, 0.15) is 49.3 Å². The van der Waals surface area contributed by atoms with Crippen LogP contribution in [0, 0.1) is 37.0 Å². The second-order valence-electron chi connectivity index (χ2n) is 5.98. The molecule has 0 radical (unpaired) electrons. The smallest absolute Gasteiger partial charge is 0.119 e. The molecular weight excluding hydrogens is 234 g/mol. The molecule has 2 rings (SSSR count). The lowest BCUT2D eigenvalue weighted by atomic mass is 9.83. The Kier molecular flexibility index (Phi) is 4.47. The van der Waals surface area contributed by atoms with Gasteiger partial charge in [-0.3, -0.25) is 0 Å². The minimum absolute atomic E-state index is 0.701. The van der Waals surface area contributed by atoms with Gasteiger partial charge in [0.2, 0.25) is 0 Å². The highest BCUT2D eigenvalue weighted by atomic mass is 16.5. The lowest BCUT2D eigenvalue weighted by molar-refractivity contribution is 0.188. The monoisotopic (exact) mass is 257 g/mol. The first kappa shape index (κ1) is 13.9. The zero-order chi connectivity index (χ0) is 13.8. The summed E-state index contributed by atoms with van der Waals surface area (Å²) in [5, 5.41) is 9.06. The summed E-state index contributed by atoms with van der Waals surface area (Å²) in [6.07, 6.45) is 5.24. The summed E-state index contributed by atoms with van der Waals surface area (Å²) < 4.78 is 5.93. The number of nitrogens with zero attached hydrogens (tertiary/aromatic N) is 1. The van der Waals surface area contributed by atoms with Crippen molar-refractivity contribution in [2.24, 2.45) is 11.8 Å². The summed E-state index contributed by atoms with van der Waals surface area (Å²) in [7, 11) is 0. The molecule has 0 unspecified atom stereocenters. The molecule has 0 saturated heterocycles. The van der Waals surface area contributed by atoms with Crippen LogP contribution in [0.4, 0.5) is 0 Å². The van der Waals surface area contributed by atoms with E-state index in [1.54, 1.807) is 0 Å². The molecule has 19 heavy (non-hydrogen) atoms. The number of hydrogen-bond donors (Lipinski definition) is 0. The van der Waals surface area contributed by atoms with Crippen molar-refractivity contribution in [3.05, 3.63) is 28.8 Å². The molecule has 0 amide bonds. The summed E-state index contributed by atoms with van der Waals surface area (Å²) in [6, 6.07) is 6.21. The molecule has 1 aliphatic rings. The van der Waals surface area contributed by atoms with Crippen LogP contribution < -0.4 is 4.74 Å². The predicted octanol–water partition coefficient (Wildman–Crippen LogP) is 4.38. The Morgan fingerprint density at radius 1 is 1.16 bits per heavy atom. The standard InChI is InChI=1S/C17H23NO/c1-12-4-6-15(7-5-12)11-19-16-8-13(2)17(10-18)14(3)9-16/h8-9,12,15H,4-7,11H2,1-3H3. The summed E-state index contributed by atoms with van der Waals surface area (Å²) in [4.78, 5) is 0. The first-order valence-corrected chi connectivity index (χ1v) is 7.24. The van der Waals surface area contributed by atoms with E-state index in [-0.39, 0.29) is 0 Å². The van der Waals surface area contributed by atoms with E-state index < -0.39 is 0 Å². The van der Waals surface area contributed by atoms with Crippen LogP contribution in [-0.2, 0) is 0 Å². The topological polar surface area (TPSA) is 33.0 Å².